The van der Waals surface area contributed by atoms with Crippen molar-refractivity contribution in [3.05, 3.63) is 32.6 Å². The SMILES string of the molecule is [2H]C([2H])([2H])C(O)C([2H])([2H])CCCn1c(=O)c2c(C)c[nH]c2n(C)c1=O. The predicted molar refractivity (Wildman–Crippen MR) is 78.1 cm³/mol. The van der Waals surface area contributed by atoms with E-state index in [1.807, 2.05) is 0 Å². The summed E-state index contributed by atoms with van der Waals surface area (Å²) in [7, 11) is 1.52. The van der Waals surface area contributed by atoms with Gasteiger partial charge in [0, 0.05) is 26.6 Å². The molecular formula is C14H21N3O3. The van der Waals surface area contributed by atoms with Gasteiger partial charge in [-0.1, -0.05) is 0 Å². The number of aliphatic hydroxyl groups excluding tert-OH is 1. The topological polar surface area (TPSA) is 80.0 Å². The van der Waals surface area contributed by atoms with Gasteiger partial charge in [-0.05, 0) is 38.6 Å². The maximum Gasteiger partial charge on any atom is 0.332 e. The van der Waals surface area contributed by atoms with Crippen molar-refractivity contribution in [1.29, 1.82) is 0 Å². The van der Waals surface area contributed by atoms with Crippen molar-refractivity contribution < 1.29 is 12.0 Å². The van der Waals surface area contributed by atoms with Gasteiger partial charge in [0.25, 0.3) is 5.56 Å². The number of H-pyrrole nitrogens is 1. The molecule has 1 atom stereocenters. The fraction of sp³-hybridized carbons (Fsp3) is 0.571. The molecule has 2 heterocycles. The number of hydrogen-bond donors (Lipinski definition) is 2. The van der Waals surface area contributed by atoms with Gasteiger partial charge in [0.15, 0.2) is 0 Å². The monoisotopic (exact) mass is 284 g/mol. The van der Waals surface area contributed by atoms with Gasteiger partial charge in [-0.3, -0.25) is 13.9 Å². The average molecular weight is 284 g/mol. The van der Waals surface area contributed by atoms with E-state index in [1.54, 1.807) is 13.1 Å². The second kappa shape index (κ2) is 5.66. The lowest BCUT2D eigenvalue weighted by Gasteiger charge is -2.09. The van der Waals surface area contributed by atoms with Crippen LogP contribution in [0.3, 0.4) is 0 Å². The Morgan fingerprint density at radius 1 is 1.50 bits per heavy atom. The van der Waals surface area contributed by atoms with Gasteiger partial charge in [-0.2, -0.15) is 0 Å². The molecule has 2 aromatic heterocycles. The second-order valence-corrected chi connectivity index (χ2v) is 4.70. The summed E-state index contributed by atoms with van der Waals surface area (Å²) in [5.41, 5.74) is 0.0828. The highest BCUT2D eigenvalue weighted by Crippen LogP contribution is 2.10. The number of aryl methyl sites for hydroxylation is 2. The molecule has 6 nitrogen and oxygen atoms in total. The fourth-order valence-corrected chi connectivity index (χ4v) is 2.21. The van der Waals surface area contributed by atoms with Crippen molar-refractivity contribution in [2.75, 3.05) is 0 Å². The highest BCUT2D eigenvalue weighted by atomic mass is 16.3. The number of fused-ring (bicyclic) bond motifs is 1. The summed E-state index contributed by atoms with van der Waals surface area (Å²) in [6, 6.07) is 0. The minimum atomic E-state index is -2.84. The minimum absolute atomic E-state index is 0.0320. The van der Waals surface area contributed by atoms with E-state index >= 15 is 0 Å². The van der Waals surface area contributed by atoms with Gasteiger partial charge in [0.1, 0.15) is 5.65 Å². The standard InChI is InChI=1S/C14H21N3O3/c1-9-8-15-12-11(9)13(19)17(14(20)16(12)3)7-5-4-6-10(2)18/h8,10,15,18H,4-7H2,1-3H3/i2D3,6D2. The Morgan fingerprint density at radius 3 is 2.95 bits per heavy atom. The zero-order valence-electron chi connectivity index (χ0n) is 16.4. The first-order chi connectivity index (χ1) is 11.4. The largest absolute Gasteiger partial charge is 0.393 e. The van der Waals surface area contributed by atoms with Gasteiger partial charge in [0.2, 0.25) is 0 Å². The van der Waals surface area contributed by atoms with Gasteiger partial charge in [0.05, 0.1) is 11.5 Å². The Morgan fingerprint density at radius 2 is 2.25 bits per heavy atom. The quantitative estimate of drug-likeness (QED) is 0.855. The number of nitrogens with one attached hydrogen (secondary N) is 1. The van der Waals surface area contributed by atoms with Crippen LogP contribution >= 0.6 is 0 Å². The van der Waals surface area contributed by atoms with E-state index in [-0.39, 0.29) is 19.4 Å². The second-order valence-electron chi connectivity index (χ2n) is 4.70. The van der Waals surface area contributed by atoms with Gasteiger partial charge in [-0.15, -0.1) is 0 Å². The summed E-state index contributed by atoms with van der Waals surface area (Å²) in [6.45, 7) is -1.17. The van der Waals surface area contributed by atoms with E-state index in [2.05, 4.69) is 4.98 Å². The number of rotatable bonds is 5. The van der Waals surface area contributed by atoms with Crippen molar-refractivity contribution in [2.24, 2.45) is 7.05 Å². The van der Waals surface area contributed by atoms with Crippen molar-refractivity contribution in [3.63, 3.8) is 0 Å². The van der Waals surface area contributed by atoms with Crippen LogP contribution in [0.5, 0.6) is 0 Å². The predicted octanol–water partition coefficient (Wildman–Crippen LogP) is 0.888. The molecule has 20 heavy (non-hydrogen) atoms. The van der Waals surface area contributed by atoms with Crippen LogP contribution in [0.4, 0.5) is 0 Å². The maximum atomic E-state index is 12.5. The van der Waals surface area contributed by atoms with E-state index in [9.17, 15) is 14.7 Å². The molecule has 0 saturated heterocycles. The highest BCUT2D eigenvalue weighted by Gasteiger charge is 2.13. The van der Waals surface area contributed by atoms with Crippen molar-refractivity contribution >= 4 is 11.0 Å². The number of nitrogens with zero attached hydrogens (tertiary/aromatic N) is 2. The average Bonchev–Trinajstić information content (AvgIpc) is 2.88. The Bertz CT molecular complexity index is 894. The number of hydrogen-bond acceptors (Lipinski definition) is 3. The van der Waals surface area contributed by atoms with Crippen LogP contribution in [0.25, 0.3) is 11.0 Å². The number of aromatic nitrogens is 3. The molecule has 0 amide bonds. The molecule has 0 radical (unpaired) electrons. The van der Waals surface area contributed by atoms with Crippen molar-refractivity contribution in [3.8, 4) is 0 Å². The van der Waals surface area contributed by atoms with E-state index in [4.69, 9.17) is 6.85 Å². The molecule has 0 aromatic carbocycles. The lowest BCUT2D eigenvalue weighted by Crippen LogP contribution is -2.39. The minimum Gasteiger partial charge on any atom is -0.393 e. The third-order valence-corrected chi connectivity index (χ3v) is 3.26. The highest BCUT2D eigenvalue weighted by molar-refractivity contribution is 5.78. The zero-order valence-corrected chi connectivity index (χ0v) is 11.4. The van der Waals surface area contributed by atoms with Crippen LogP contribution in [0.15, 0.2) is 15.8 Å². The van der Waals surface area contributed by atoms with Gasteiger partial charge < -0.3 is 10.1 Å². The lowest BCUT2D eigenvalue weighted by molar-refractivity contribution is 0.180. The Labute approximate surface area is 123 Å². The lowest BCUT2D eigenvalue weighted by atomic mass is 10.2. The zero-order chi connectivity index (χ0) is 19.2. The van der Waals surface area contributed by atoms with Crippen LogP contribution in [0, 0.1) is 6.92 Å². The van der Waals surface area contributed by atoms with Gasteiger partial charge >= 0.3 is 5.69 Å². The number of aliphatic hydroxyl groups is 1. The summed E-state index contributed by atoms with van der Waals surface area (Å²) >= 11 is 0. The van der Waals surface area contributed by atoms with E-state index in [0.29, 0.717) is 16.6 Å². The summed E-state index contributed by atoms with van der Waals surface area (Å²) in [6.07, 6.45) is -3.12. The van der Waals surface area contributed by atoms with Crippen LogP contribution in [-0.4, -0.2) is 25.3 Å². The molecule has 0 aliphatic heterocycles. The summed E-state index contributed by atoms with van der Waals surface area (Å²) in [4.78, 5) is 27.7. The molecule has 2 rings (SSSR count). The molecule has 1 unspecified atom stereocenters. The molecule has 0 saturated carbocycles. The van der Waals surface area contributed by atoms with E-state index in [0.717, 1.165) is 4.57 Å². The molecular weight excluding hydrogens is 258 g/mol. The van der Waals surface area contributed by atoms with Crippen LogP contribution in [0.2, 0.25) is 0 Å². The van der Waals surface area contributed by atoms with Crippen LogP contribution in [0.1, 0.15) is 38.5 Å². The van der Waals surface area contributed by atoms with E-state index in [1.165, 1.54) is 11.6 Å². The van der Waals surface area contributed by atoms with Crippen molar-refractivity contribution in [2.45, 2.75) is 45.6 Å². The summed E-state index contributed by atoms with van der Waals surface area (Å²) in [5.74, 6) is 0. The fourth-order valence-electron chi connectivity index (χ4n) is 2.21. The third kappa shape index (κ3) is 2.56. The van der Waals surface area contributed by atoms with Crippen molar-refractivity contribution in [1.82, 2.24) is 14.1 Å². The Kier molecular flexibility index (Phi) is 2.60. The smallest absolute Gasteiger partial charge is 0.332 e. The molecule has 0 bridgehead atoms. The Hall–Kier alpha value is -1.82. The summed E-state index contributed by atoms with van der Waals surface area (Å²) < 4.78 is 39.1. The first-order valence-electron chi connectivity index (χ1n) is 8.83. The molecule has 6 heteroatoms. The van der Waals surface area contributed by atoms with Gasteiger partial charge in [-0.25, -0.2) is 4.79 Å². The first-order valence-corrected chi connectivity index (χ1v) is 6.33. The Balaban J connectivity index is 2.26. The van der Waals surface area contributed by atoms with Crippen LogP contribution in [-0.2, 0) is 13.6 Å². The molecule has 2 N–H and O–H groups in total. The number of aromatic amines is 1. The molecule has 0 fully saturated rings. The third-order valence-electron chi connectivity index (χ3n) is 3.26. The normalized spacial score (nSPS) is 18.1. The van der Waals surface area contributed by atoms with Crippen LogP contribution < -0.4 is 11.2 Å². The van der Waals surface area contributed by atoms with E-state index < -0.39 is 30.6 Å². The summed E-state index contributed by atoms with van der Waals surface area (Å²) in [5, 5.41) is 10.0. The molecule has 0 aliphatic rings. The maximum absolute atomic E-state index is 12.5. The molecule has 2 aromatic rings. The first kappa shape index (κ1) is 9.18. The molecule has 110 valence electrons. The molecule has 0 spiro atoms. The molecule has 0 aliphatic carbocycles.